The number of anilines is 1. The highest BCUT2D eigenvalue weighted by Gasteiger charge is 2.47. The molecule has 2 heterocycles. The maximum absolute atomic E-state index is 14.3. The molecule has 1 aliphatic rings. The van der Waals surface area contributed by atoms with E-state index in [1.807, 2.05) is 43.3 Å². The van der Waals surface area contributed by atoms with Crippen molar-refractivity contribution in [1.29, 1.82) is 0 Å². The molecule has 0 unspecified atom stereocenters. The molecule has 0 bridgehead atoms. The van der Waals surface area contributed by atoms with Crippen LogP contribution in [0.15, 0.2) is 65.5 Å². The van der Waals surface area contributed by atoms with Crippen molar-refractivity contribution in [2.45, 2.75) is 31.5 Å². The number of likely N-dealkylation sites (N-methyl/N-ethyl adjacent to an activating group) is 1. The molecular formula is C36H34F3N3O11S. The number of carbonyl (C=O) groups is 2. The Bertz CT molecular complexity index is 2450. The Morgan fingerprint density at radius 1 is 0.907 bits per heavy atom. The number of para-hydroxylation sites is 2. The minimum atomic E-state index is -5.81. The smallest absolute Gasteiger partial charge is 0.454 e. The Kier molecular flexibility index (Phi) is 10.7. The number of esters is 1. The highest BCUT2D eigenvalue weighted by molar-refractivity contribution is 7.87. The van der Waals surface area contributed by atoms with E-state index in [1.54, 1.807) is 16.7 Å². The Balaban J connectivity index is 1.29. The van der Waals surface area contributed by atoms with Crippen LogP contribution in [0.25, 0.3) is 32.4 Å². The molecule has 4 aromatic carbocycles. The lowest BCUT2D eigenvalue weighted by Gasteiger charge is -2.21. The second kappa shape index (κ2) is 15.1. The zero-order valence-electron chi connectivity index (χ0n) is 29.1. The minimum Gasteiger partial charge on any atom is -0.454 e. The average Bonchev–Trinajstić information content (AvgIpc) is 3.59. The van der Waals surface area contributed by atoms with Crippen LogP contribution in [-0.2, 0) is 32.2 Å². The number of hydrogen-bond donors (Lipinski definition) is 1. The molecule has 286 valence electrons. The summed E-state index contributed by atoms with van der Waals surface area (Å²) in [6.07, 6.45) is -1.89. The Labute approximate surface area is 305 Å². The van der Waals surface area contributed by atoms with Crippen LogP contribution in [0.2, 0.25) is 0 Å². The van der Waals surface area contributed by atoms with Crippen molar-refractivity contribution in [2.75, 3.05) is 46.0 Å². The molecule has 1 aliphatic heterocycles. The van der Waals surface area contributed by atoms with Gasteiger partial charge in [0.15, 0.2) is 17.2 Å². The number of pyridine rings is 1. The molecule has 14 nitrogen and oxygen atoms in total. The first-order valence-corrected chi connectivity index (χ1v) is 17.8. The predicted octanol–water partition coefficient (Wildman–Crippen LogP) is 5.28. The average molecular weight is 774 g/mol. The maximum atomic E-state index is 14.3. The van der Waals surface area contributed by atoms with Gasteiger partial charge < -0.3 is 33.5 Å². The third-order valence-electron chi connectivity index (χ3n) is 8.63. The summed E-state index contributed by atoms with van der Waals surface area (Å²) >= 11 is 0. The summed E-state index contributed by atoms with van der Waals surface area (Å²) in [6, 6.07) is 16.3. The summed E-state index contributed by atoms with van der Waals surface area (Å²) in [5.74, 6) is -0.00289. The second-order valence-electron chi connectivity index (χ2n) is 12.5. The van der Waals surface area contributed by atoms with Crippen molar-refractivity contribution >= 4 is 60.3 Å². The van der Waals surface area contributed by atoms with Crippen LogP contribution < -0.4 is 29.4 Å². The van der Waals surface area contributed by atoms with Gasteiger partial charge in [-0.15, -0.1) is 0 Å². The number of nitrogens with zero attached hydrogens (tertiary/aromatic N) is 3. The van der Waals surface area contributed by atoms with Gasteiger partial charge in [0.05, 0.1) is 29.8 Å². The van der Waals surface area contributed by atoms with Gasteiger partial charge in [0.2, 0.25) is 6.79 Å². The second-order valence-corrected chi connectivity index (χ2v) is 14.1. The van der Waals surface area contributed by atoms with Crippen LogP contribution in [0.3, 0.4) is 0 Å². The van der Waals surface area contributed by atoms with Crippen molar-refractivity contribution in [3.8, 4) is 23.0 Å². The van der Waals surface area contributed by atoms with E-state index in [4.69, 9.17) is 18.9 Å². The Morgan fingerprint density at radius 2 is 1.63 bits per heavy atom. The van der Waals surface area contributed by atoms with E-state index in [9.17, 15) is 41.1 Å². The number of fused-ring (bicyclic) bond motifs is 6. The zero-order valence-corrected chi connectivity index (χ0v) is 30.0. The first kappa shape index (κ1) is 38.3. The van der Waals surface area contributed by atoms with Crippen LogP contribution >= 0.6 is 0 Å². The van der Waals surface area contributed by atoms with Crippen molar-refractivity contribution in [2.24, 2.45) is 0 Å². The molecule has 6 rings (SSSR count). The van der Waals surface area contributed by atoms with E-state index in [-0.39, 0.29) is 40.5 Å². The summed E-state index contributed by atoms with van der Waals surface area (Å²) < 4.78 is 87.4. The quantitative estimate of drug-likeness (QED) is 0.0437. The van der Waals surface area contributed by atoms with Gasteiger partial charge >= 0.3 is 27.7 Å². The number of benzene rings is 4. The number of rotatable bonds is 12. The fraction of sp³-hybridized carbons (Fsp3) is 0.306. The standard InChI is InChI=1S/C36H34F3N3O11S/c1-40(2)12-13-42-33-23(11-10-21-16-30-31(17-24(21)33)50-20-49-30)25-15-22(19-43)29(18-26(25)34(42)45)53-35(46)41(3)27-7-4-5-8-28(27)52-32(44)9-6-14-51-54(47,48)36(37,38)39/h4-5,7-8,10-11,15-18,43H,6,9,12-14,19-20H2,1-3H3. The van der Waals surface area contributed by atoms with Crippen LogP contribution in [0.5, 0.6) is 23.0 Å². The van der Waals surface area contributed by atoms with Gasteiger partial charge in [-0.2, -0.15) is 21.6 Å². The van der Waals surface area contributed by atoms with Crippen LogP contribution in [-0.4, -0.2) is 81.6 Å². The van der Waals surface area contributed by atoms with Crippen molar-refractivity contribution in [3.05, 3.63) is 76.6 Å². The van der Waals surface area contributed by atoms with Crippen molar-refractivity contribution in [1.82, 2.24) is 9.47 Å². The third-order valence-corrected chi connectivity index (χ3v) is 9.67. The lowest BCUT2D eigenvalue weighted by Crippen LogP contribution is -2.30. The highest BCUT2D eigenvalue weighted by Crippen LogP contribution is 2.40. The molecule has 1 amide bonds. The number of ether oxygens (including phenoxy) is 4. The Morgan fingerprint density at radius 3 is 2.33 bits per heavy atom. The topological polar surface area (TPSA) is 163 Å². The number of carbonyl (C=O) groups excluding carboxylic acids is 2. The first-order valence-electron chi connectivity index (χ1n) is 16.4. The molecule has 54 heavy (non-hydrogen) atoms. The van der Waals surface area contributed by atoms with Gasteiger partial charge in [-0.1, -0.05) is 24.3 Å². The van der Waals surface area contributed by atoms with Gasteiger partial charge in [-0.05, 0) is 67.7 Å². The fourth-order valence-corrected chi connectivity index (χ4v) is 6.39. The van der Waals surface area contributed by atoms with Crippen LogP contribution in [0.1, 0.15) is 18.4 Å². The number of aliphatic hydroxyl groups excluding tert-OH is 1. The lowest BCUT2D eigenvalue weighted by molar-refractivity contribution is -0.134. The van der Waals surface area contributed by atoms with Crippen molar-refractivity contribution < 1.29 is 59.4 Å². The van der Waals surface area contributed by atoms with Crippen molar-refractivity contribution in [3.63, 3.8) is 0 Å². The molecule has 5 aromatic rings. The van der Waals surface area contributed by atoms with E-state index in [0.717, 1.165) is 15.7 Å². The number of aromatic nitrogens is 1. The molecular weight excluding hydrogens is 739 g/mol. The van der Waals surface area contributed by atoms with E-state index >= 15 is 0 Å². The molecule has 0 spiro atoms. The van der Waals surface area contributed by atoms with Gasteiger partial charge in [0, 0.05) is 42.9 Å². The number of hydrogen-bond acceptors (Lipinski definition) is 12. The maximum Gasteiger partial charge on any atom is 0.523 e. The normalized spacial score (nSPS) is 12.9. The monoisotopic (exact) mass is 773 g/mol. The molecule has 1 aromatic heterocycles. The zero-order chi connectivity index (χ0) is 38.9. The van der Waals surface area contributed by atoms with Gasteiger partial charge in [-0.3, -0.25) is 18.7 Å². The first-order chi connectivity index (χ1) is 25.6. The molecule has 0 radical (unpaired) electrons. The minimum absolute atomic E-state index is 0.0582. The lowest BCUT2D eigenvalue weighted by atomic mass is 9.98. The molecule has 0 saturated heterocycles. The fourth-order valence-electron chi connectivity index (χ4n) is 5.92. The summed E-state index contributed by atoms with van der Waals surface area (Å²) in [7, 11) is -0.715. The van der Waals surface area contributed by atoms with E-state index in [1.165, 1.54) is 31.3 Å². The largest absolute Gasteiger partial charge is 0.523 e. The number of aliphatic hydroxyl groups is 1. The van der Waals surface area contributed by atoms with E-state index < -0.39 is 53.7 Å². The van der Waals surface area contributed by atoms with Gasteiger partial charge in [-0.25, -0.2) is 4.79 Å². The van der Waals surface area contributed by atoms with E-state index in [0.29, 0.717) is 40.9 Å². The number of alkyl halides is 3. The number of halogens is 3. The Hall–Kier alpha value is -5.43. The molecule has 18 heteroatoms. The predicted molar refractivity (Wildman–Crippen MR) is 190 cm³/mol. The van der Waals surface area contributed by atoms with Gasteiger partial charge in [0.1, 0.15) is 5.75 Å². The molecule has 0 saturated carbocycles. The molecule has 1 N–H and O–H groups in total. The SMILES string of the molecule is CN(C)CCn1c(=O)c2cc(OC(=O)N(C)c3ccccc3OC(=O)CCCOS(=O)(=O)C(F)(F)F)c(CO)cc2c2ccc3cc4c(cc3c21)OCO4. The summed E-state index contributed by atoms with van der Waals surface area (Å²) in [4.78, 5) is 43.3. The summed E-state index contributed by atoms with van der Waals surface area (Å²) in [5.41, 5.74) is -5.04. The molecule has 0 aliphatic carbocycles. The summed E-state index contributed by atoms with van der Waals surface area (Å²) in [5, 5.41) is 13.5. The highest BCUT2D eigenvalue weighted by atomic mass is 32.2. The van der Waals surface area contributed by atoms with Crippen LogP contribution in [0, 0.1) is 0 Å². The summed E-state index contributed by atoms with van der Waals surface area (Å²) in [6.45, 7) is -0.540. The third kappa shape index (κ3) is 7.63. The van der Waals surface area contributed by atoms with E-state index in [2.05, 4.69) is 4.18 Å². The molecule has 0 atom stereocenters. The van der Waals surface area contributed by atoms with Crippen LogP contribution in [0.4, 0.5) is 23.7 Å². The molecule has 0 fully saturated rings. The number of amides is 1. The van der Waals surface area contributed by atoms with Gasteiger partial charge in [0.25, 0.3) is 5.56 Å².